The van der Waals surface area contributed by atoms with Gasteiger partial charge in [0.15, 0.2) is 0 Å². The van der Waals surface area contributed by atoms with Gasteiger partial charge in [-0.15, -0.1) is 11.3 Å². The van der Waals surface area contributed by atoms with Gasteiger partial charge in [-0.2, -0.15) is 0 Å². The summed E-state index contributed by atoms with van der Waals surface area (Å²) in [5.74, 6) is -0.0391. The van der Waals surface area contributed by atoms with Crippen molar-refractivity contribution in [2.75, 3.05) is 6.54 Å². The number of aliphatic hydroxyl groups is 1. The van der Waals surface area contributed by atoms with Crippen LogP contribution in [0, 0.1) is 0 Å². The van der Waals surface area contributed by atoms with Crippen molar-refractivity contribution >= 4 is 17.2 Å². The smallest absolute Gasteiger partial charge is 0.220 e. The van der Waals surface area contributed by atoms with Crippen LogP contribution in [0.25, 0.3) is 0 Å². The number of carbonyl (C=O) groups excluding carboxylic acids is 1. The van der Waals surface area contributed by atoms with E-state index in [0.717, 1.165) is 23.4 Å². The highest BCUT2D eigenvalue weighted by Gasteiger charge is 2.24. The Morgan fingerprint density at radius 2 is 2.24 bits per heavy atom. The van der Waals surface area contributed by atoms with E-state index >= 15 is 0 Å². The summed E-state index contributed by atoms with van der Waals surface area (Å²) in [7, 11) is 0. The highest BCUT2D eigenvalue weighted by atomic mass is 32.1. The van der Waals surface area contributed by atoms with Crippen molar-refractivity contribution in [3.8, 4) is 0 Å². The molecule has 0 saturated carbocycles. The number of aryl methyl sites for hydroxylation is 1. The molecule has 0 aliphatic rings. The standard InChI is InChI=1S/C16H20N2O2S/c1-16(20,14-8-5-11-21-14)12-18-15(19)9-4-7-13-6-2-3-10-17-13/h2-3,5-6,8,10-11,20H,4,7,9,12H2,1H3,(H,18,19). The summed E-state index contributed by atoms with van der Waals surface area (Å²) in [4.78, 5) is 16.9. The zero-order valence-electron chi connectivity index (χ0n) is 12.1. The van der Waals surface area contributed by atoms with Crippen LogP contribution in [0.3, 0.4) is 0 Å². The van der Waals surface area contributed by atoms with Gasteiger partial charge < -0.3 is 10.4 Å². The number of hydrogen-bond acceptors (Lipinski definition) is 4. The van der Waals surface area contributed by atoms with E-state index in [2.05, 4.69) is 10.3 Å². The maximum Gasteiger partial charge on any atom is 0.220 e. The third-order valence-electron chi connectivity index (χ3n) is 3.24. The Kier molecular flexibility index (Phi) is 5.47. The Balaban J connectivity index is 1.70. The summed E-state index contributed by atoms with van der Waals surface area (Å²) in [6, 6.07) is 9.55. The van der Waals surface area contributed by atoms with Gasteiger partial charge in [-0.05, 0) is 43.3 Å². The van der Waals surface area contributed by atoms with Gasteiger partial charge in [-0.3, -0.25) is 9.78 Å². The van der Waals surface area contributed by atoms with Crippen LogP contribution in [0.2, 0.25) is 0 Å². The van der Waals surface area contributed by atoms with Crippen molar-refractivity contribution < 1.29 is 9.90 Å². The molecule has 1 amide bonds. The fourth-order valence-corrected chi connectivity index (χ4v) is 2.79. The lowest BCUT2D eigenvalue weighted by Gasteiger charge is -2.22. The lowest BCUT2D eigenvalue weighted by atomic mass is 10.1. The maximum absolute atomic E-state index is 11.8. The first-order chi connectivity index (χ1) is 10.1. The van der Waals surface area contributed by atoms with Gasteiger partial charge in [0.1, 0.15) is 5.60 Å². The normalized spacial score (nSPS) is 13.6. The van der Waals surface area contributed by atoms with E-state index in [1.165, 1.54) is 11.3 Å². The number of rotatable bonds is 7. The Morgan fingerprint density at radius 3 is 2.90 bits per heavy atom. The predicted molar refractivity (Wildman–Crippen MR) is 84.1 cm³/mol. The average Bonchev–Trinajstić information content (AvgIpc) is 3.01. The van der Waals surface area contributed by atoms with Crippen LogP contribution in [-0.4, -0.2) is 22.5 Å². The molecule has 2 N–H and O–H groups in total. The molecule has 2 aromatic heterocycles. The van der Waals surface area contributed by atoms with Crippen molar-refractivity contribution in [1.29, 1.82) is 0 Å². The largest absolute Gasteiger partial charge is 0.383 e. The number of pyridine rings is 1. The molecule has 0 spiro atoms. The first kappa shape index (κ1) is 15.7. The number of carbonyl (C=O) groups is 1. The summed E-state index contributed by atoms with van der Waals surface area (Å²) in [6.07, 6.45) is 3.74. The number of amides is 1. The minimum Gasteiger partial charge on any atom is -0.383 e. The molecule has 1 unspecified atom stereocenters. The summed E-state index contributed by atoms with van der Waals surface area (Å²) in [5, 5.41) is 15.0. The van der Waals surface area contributed by atoms with E-state index < -0.39 is 5.60 Å². The van der Waals surface area contributed by atoms with Gasteiger partial charge in [0, 0.05) is 23.2 Å². The highest BCUT2D eigenvalue weighted by molar-refractivity contribution is 7.10. The summed E-state index contributed by atoms with van der Waals surface area (Å²) in [6.45, 7) is 1.95. The molecular weight excluding hydrogens is 284 g/mol. The Bertz CT molecular complexity index is 553. The summed E-state index contributed by atoms with van der Waals surface area (Å²) in [5.41, 5.74) is -0.0129. The van der Waals surface area contributed by atoms with Gasteiger partial charge in [0.25, 0.3) is 0 Å². The second-order valence-corrected chi connectivity index (χ2v) is 6.15. The molecular formula is C16H20N2O2S. The van der Waals surface area contributed by atoms with Crippen molar-refractivity contribution in [2.45, 2.75) is 31.8 Å². The van der Waals surface area contributed by atoms with Crippen molar-refractivity contribution in [1.82, 2.24) is 10.3 Å². The van der Waals surface area contributed by atoms with Crippen LogP contribution in [0.15, 0.2) is 41.9 Å². The van der Waals surface area contributed by atoms with E-state index in [-0.39, 0.29) is 12.5 Å². The molecule has 0 fully saturated rings. The number of thiophene rings is 1. The molecule has 2 heterocycles. The molecule has 2 rings (SSSR count). The zero-order valence-corrected chi connectivity index (χ0v) is 12.9. The van der Waals surface area contributed by atoms with Gasteiger partial charge in [0.05, 0.1) is 6.54 Å². The molecule has 0 radical (unpaired) electrons. The quantitative estimate of drug-likeness (QED) is 0.826. The molecule has 2 aromatic rings. The summed E-state index contributed by atoms with van der Waals surface area (Å²) < 4.78 is 0. The van der Waals surface area contributed by atoms with Gasteiger partial charge in [0.2, 0.25) is 5.91 Å². The molecule has 4 nitrogen and oxygen atoms in total. The Morgan fingerprint density at radius 1 is 1.38 bits per heavy atom. The molecule has 21 heavy (non-hydrogen) atoms. The van der Waals surface area contributed by atoms with Crippen LogP contribution in [0.5, 0.6) is 0 Å². The fourth-order valence-electron chi connectivity index (χ4n) is 2.01. The predicted octanol–water partition coefficient (Wildman–Crippen LogP) is 2.49. The Hall–Kier alpha value is -1.72. The molecule has 0 aliphatic heterocycles. The molecule has 5 heteroatoms. The van der Waals surface area contributed by atoms with Crippen LogP contribution < -0.4 is 5.32 Å². The number of hydrogen-bond donors (Lipinski definition) is 2. The Labute approximate surface area is 128 Å². The zero-order chi connectivity index (χ0) is 15.1. The second-order valence-electron chi connectivity index (χ2n) is 5.20. The molecule has 1 atom stereocenters. The van der Waals surface area contributed by atoms with Crippen LogP contribution in [-0.2, 0) is 16.8 Å². The molecule has 0 aliphatic carbocycles. The minimum absolute atomic E-state index is 0.0391. The monoisotopic (exact) mass is 304 g/mol. The van der Waals surface area contributed by atoms with Crippen molar-refractivity contribution in [2.24, 2.45) is 0 Å². The SMILES string of the molecule is CC(O)(CNC(=O)CCCc1ccccn1)c1cccs1. The molecule has 112 valence electrons. The molecule has 0 bridgehead atoms. The average molecular weight is 304 g/mol. The number of aromatic nitrogens is 1. The van der Waals surface area contributed by atoms with Crippen molar-refractivity contribution in [3.63, 3.8) is 0 Å². The maximum atomic E-state index is 11.8. The lowest BCUT2D eigenvalue weighted by molar-refractivity contribution is -0.122. The molecule has 0 aromatic carbocycles. The fraction of sp³-hybridized carbons (Fsp3) is 0.375. The van der Waals surface area contributed by atoms with E-state index in [0.29, 0.717) is 6.42 Å². The third-order valence-corrected chi connectivity index (χ3v) is 4.37. The van der Waals surface area contributed by atoms with Crippen LogP contribution in [0.4, 0.5) is 0 Å². The van der Waals surface area contributed by atoms with Gasteiger partial charge >= 0.3 is 0 Å². The third kappa shape index (κ3) is 4.95. The first-order valence-electron chi connectivity index (χ1n) is 7.01. The van der Waals surface area contributed by atoms with Crippen LogP contribution in [0.1, 0.15) is 30.3 Å². The second kappa shape index (κ2) is 7.33. The van der Waals surface area contributed by atoms with E-state index in [9.17, 15) is 9.90 Å². The lowest BCUT2D eigenvalue weighted by Crippen LogP contribution is -2.38. The minimum atomic E-state index is -1.01. The number of nitrogens with one attached hydrogen (secondary N) is 1. The van der Waals surface area contributed by atoms with Gasteiger partial charge in [-0.25, -0.2) is 0 Å². The van der Waals surface area contributed by atoms with Crippen molar-refractivity contribution in [3.05, 3.63) is 52.5 Å². The van der Waals surface area contributed by atoms with E-state index in [1.807, 2.05) is 35.7 Å². The number of nitrogens with zero attached hydrogens (tertiary/aromatic N) is 1. The van der Waals surface area contributed by atoms with E-state index in [1.54, 1.807) is 13.1 Å². The topological polar surface area (TPSA) is 62.2 Å². The van der Waals surface area contributed by atoms with Gasteiger partial charge in [-0.1, -0.05) is 12.1 Å². The molecule has 0 saturated heterocycles. The summed E-state index contributed by atoms with van der Waals surface area (Å²) >= 11 is 1.49. The first-order valence-corrected chi connectivity index (χ1v) is 7.89. The van der Waals surface area contributed by atoms with Crippen LogP contribution >= 0.6 is 11.3 Å². The van der Waals surface area contributed by atoms with E-state index in [4.69, 9.17) is 0 Å². The highest BCUT2D eigenvalue weighted by Crippen LogP contribution is 2.24.